The first-order valence-electron chi connectivity index (χ1n) is 11.4. The van der Waals surface area contributed by atoms with E-state index < -0.39 is 20.5 Å². The quantitative estimate of drug-likeness (QED) is 0.494. The molecule has 1 fully saturated rings. The number of rotatable bonds is 10. The second-order valence-corrected chi connectivity index (χ2v) is 11.0. The third kappa shape index (κ3) is 5.77. The minimum atomic E-state index is -3.98. The van der Waals surface area contributed by atoms with E-state index in [9.17, 15) is 18.0 Å². The molecule has 0 radical (unpaired) electrons. The molecular formula is C25H32N2O6S. The Kier molecular flexibility index (Phi) is 8.33. The third-order valence-electron chi connectivity index (χ3n) is 6.08. The number of carbonyl (C=O) groups excluding carboxylic acids is 2. The summed E-state index contributed by atoms with van der Waals surface area (Å²) in [5.74, 6) is -0.0493. The molecule has 8 nitrogen and oxygen atoms in total. The molecule has 1 heterocycles. The lowest BCUT2D eigenvalue weighted by Crippen LogP contribution is -2.53. The highest BCUT2D eigenvalue weighted by Gasteiger charge is 2.51. The van der Waals surface area contributed by atoms with Gasteiger partial charge in [-0.3, -0.25) is 9.59 Å². The first-order valence-corrected chi connectivity index (χ1v) is 12.9. The fourth-order valence-electron chi connectivity index (χ4n) is 3.89. The topological polar surface area (TPSA) is 125 Å². The van der Waals surface area contributed by atoms with Crippen LogP contribution in [-0.2, 0) is 24.2 Å². The van der Waals surface area contributed by atoms with Crippen LogP contribution in [0.25, 0.3) is 0 Å². The predicted octanol–water partition coefficient (Wildman–Crippen LogP) is 3.42. The standard InChI is InChI=1S/C25H32N2O6S/c1-18(2)19-5-7-20(8-6-19)27-23(28)4-3-15-33-21-9-11-22(12-10-21)34(30,31)25(24(26)29)13-16-32-17-14-25/h5-12,18H,3-4,13-17H2,1-2H3,(H2,26,29)(H,27,28). The molecule has 0 saturated carbocycles. The fourth-order valence-corrected chi connectivity index (χ4v) is 5.80. The van der Waals surface area contributed by atoms with Crippen molar-refractivity contribution in [2.75, 3.05) is 25.1 Å². The lowest BCUT2D eigenvalue weighted by atomic mass is 9.98. The van der Waals surface area contributed by atoms with Crippen molar-refractivity contribution in [3.05, 3.63) is 54.1 Å². The number of anilines is 1. The van der Waals surface area contributed by atoms with E-state index in [0.29, 0.717) is 31.1 Å². The van der Waals surface area contributed by atoms with Crippen molar-refractivity contribution in [2.45, 2.75) is 55.1 Å². The van der Waals surface area contributed by atoms with Crippen molar-refractivity contribution in [2.24, 2.45) is 5.73 Å². The van der Waals surface area contributed by atoms with Gasteiger partial charge in [-0.2, -0.15) is 0 Å². The van der Waals surface area contributed by atoms with Crippen molar-refractivity contribution >= 4 is 27.3 Å². The first kappa shape index (κ1) is 25.7. The van der Waals surface area contributed by atoms with Gasteiger partial charge in [-0.1, -0.05) is 26.0 Å². The smallest absolute Gasteiger partial charge is 0.239 e. The van der Waals surface area contributed by atoms with E-state index in [0.717, 1.165) is 5.69 Å². The molecule has 0 atom stereocenters. The van der Waals surface area contributed by atoms with Gasteiger partial charge in [-0.05, 0) is 67.1 Å². The fraction of sp³-hybridized carbons (Fsp3) is 0.440. The highest BCUT2D eigenvalue weighted by Crippen LogP contribution is 2.35. The maximum atomic E-state index is 13.2. The monoisotopic (exact) mass is 488 g/mol. The normalized spacial score (nSPS) is 15.6. The van der Waals surface area contributed by atoms with E-state index >= 15 is 0 Å². The van der Waals surface area contributed by atoms with Gasteiger partial charge in [0.2, 0.25) is 11.8 Å². The van der Waals surface area contributed by atoms with Crippen LogP contribution in [0.15, 0.2) is 53.4 Å². The summed E-state index contributed by atoms with van der Waals surface area (Å²) in [6.45, 7) is 4.86. The largest absolute Gasteiger partial charge is 0.494 e. The highest BCUT2D eigenvalue weighted by atomic mass is 32.2. The van der Waals surface area contributed by atoms with Crippen LogP contribution in [0.4, 0.5) is 5.69 Å². The van der Waals surface area contributed by atoms with Gasteiger partial charge < -0.3 is 20.5 Å². The summed E-state index contributed by atoms with van der Waals surface area (Å²) < 4.78 is 35.5. The second-order valence-electron chi connectivity index (χ2n) is 8.72. The summed E-state index contributed by atoms with van der Waals surface area (Å²) in [5.41, 5.74) is 7.46. The van der Waals surface area contributed by atoms with Crippen LogP contribution in [0.2, 0.25) is 0 Å². The third-order valence-corrected chi connectivity index (χ3v) is 8.61. The highest BCUT2D eigenvalue weighted by molar-refractivity contribution is 7.93. The Morgan fingerprint density at radius 3 is 2.24 bits per heavy atom. The van der Waals surface area contributed by atoms with Crippen LogP contribution < -0.4 is 15.8 Å². The molecule has 0 aliphatic carbocycles. The Morgan fingerprint density at radius 2 is 1.68 bits per heavy atom. The number of carbonyl (C=O) groups is 2. The molecule has 0 bridgehead atoms. The van der Waals surface area contributed by atoms with Crippen molar-refractivity contribution in [1.29, 1.82) is 0 Å². The van der Waals surface area contributed by atoms with Crippen molar-refractivity contribution < 1.29 is 27.5 Å². The lowest BCUT2D eigenvalue weighted by molar-refractivity contribution is -0.123. The molecule has 3 rings (SSSR count). The summed E-state index contributed by atoms with van der Waals surface area (Å²) in [5, 5.41) is 2.87. The maximum Gasteiger partial charge on any atom is 0.239 e. The molecule has 34 heavy (non-hydrogen) atoms. The minimum absolute atomic E-state index is 0.0170. The van der Waals surface area contributed by atoms with Crippen molar-refractivity contribution in [1.82, 2.24) is 0 Å². The van der Waals surface area contributed by atoms with E-state index in [4.69, 9.17) is 15.2 Å². The Bertz CT molecular complexity index is 1090. The van der Waals surface area contributed by atoms with Crippen LogP contribution in [0, 0.1) is 0 Å². The van der Waals surface area contributed by atoms with Gasteiger partial charge in [0, 0.05) is 25.3 Å². The SMILES string of the molecule is CC(C)c1ccc(NC(=O)CCCOc2ccc(S(=O)(=O)C3(C(N)=O)CCOCC3)cc2)cc1. The van der Waals surface area contributed by atoms with Crippen LogP contribution in [0.1, 0.15) is 51.0 Å². The molecule has 3 N–H and O–H groups in total. The van der Waals surface area contributed by atoms with Crippen LogP contribution in [-0.4, -0.2) is 44.8 Å². The maximum absolute atomic E-state index is 13.2. The van der Waals surface area contributed by atoms with E-state index in [1.807, 2.05) is 24.3 Å². The van der Waals surface area contributed by atoms with Crippen LogP contribution >= 0.6 is 0 Å². The number of hydrogen-bond acceptors (Lipinski definition) is 6. The lowest BCUT2D eigenvalue weighted by Gasteiger charge is -2.33. The second kappa shape index (κ2) is 11.0. The molecule has 1 aliphatic rings. The molecule has 1 saturated heterocycles. The summed E-state index contributed by atoms with van der Waals surface area (Å²) in [4.78, 5) is 24.3. The van der Waals surface area contributed by atoms with Gasteiger partial charge in [-0.25, -0.2) is 8.42 Å². The molecule has 0 unspecified atom stereocenters. The number of benzene rings is 2. The summed E-state index contributed by atoms with van der Waals surface area (Å²) >= 11 is 0. The number of amides is 2. The number of ether oxygens (including phenoxy) is 2. The van der Waals surface area contributed by atoms with Crippen LogP contribution in [0.5, 0.6) is 5.75 Å². The van der Waals surface area contributed by atoms with Crippen molar-refractivity contribution in [3.8, 4) is 5.75 Å². The van der Waals surface area contributed by atoms with Gasteiger partial charge in [0.15, 0.2) is 14.6 Å². The molecular weight excluding hydrogens is 456 g/mol. The zero-order chi connectivity index (χ0) is 24.8. The number of nitrogens with one attached hydrogen (secondary N) is 1. The van der Waals surface area contributed by atoms with Gasteiger partial charge in [0.05, 0.1) is 11.5 Å². The van der Waals surface area contributed by atoms with Crippen molar-refractivity contribution in [3.63, 3.8) is 0 Å². The predicted molar refractivity (Wildman–Crippen MR) is 129 cm³/mol. The van der Waals surface area contributed by atoms with E-state index in [1.165, 1.54) is 29.8 Å². The van der Waals surface area contributed by atoms with E-state index in [2.05, 4.69) is 19.2 Å². The van der Waals surface area contributed by atoms with Gasteiger partial charge >= 0.3 is 0 Å². The molecule has 2 amide bonds. The molecule has 2 aromatic carbocycles. The zero-order valence-electron chi connectivity index (χ0n) is 19.6. The number of hydrogen-bond donors (Lipinski definition) is 2. The van der Waals surface area contributed by atoms with E-state index in [-0.39, 0.29) is 36.9 Å². The van der Waals surface area contributed by atoms with Gasteiger partial charge in [0.1, 0.15) is 5.75 Å². The average Bonchev–Trinajstić information content (AvgIpc) is 2.82. The molecule has 184 valence electrons. The summed E-state index contributed by atoms with van der Waals surface area (Å²) in [6.07, 6.45) is 0.863. The van der Waals surface area contributed by atoms with Gasteiger partial charge in [0.25, 0.3) is 0 Å². The minimum Gasteiger partial charge on any atom is -0.494 e. The Balaban J connectivity index is 1.50. The molecule has 0 aromatic heterocycles. The number of nitrogens with two attached hydrogens (primary N) is 1. The molecule has 9 heteroatoms. The Labute approximate surface area is 200 Å². The Hall–Kier alpha value is -2.91. The van der Waals surface area contributed by atoms with Crippen LogP contribution in [0.3, 0.4) is 0 Å². The summed E-state index contributed by atoms with van der Waals surface area (Å²) in [6, 6.07) is 13.7. The molecule has 1 aliphatic heterocycles. The number of primary amides is 1. The van der Waals surface area contributed by atoms with E-state index in [1.54, 1.807) is 0 Å². The summed E-state index contributed by atoms with van der Waals surface area (Å²) in [7, 11) is -3.98. The first-order chi connectivity index (χ1) is 16.2. The number of sulfone groups is 1. The molecule has 2 aromatic rings. The average molecular weight is 489 g/mol. The zero-order valence-corrected chi connectivity index (χ0v) is 20.4. The Morgan fingerprint density at radius 1 is 1.06 bits per heavy atom. The molecule has 0 spiro atoms. The van der Waals surface area contributed by atoms with Gasteiger partial charge in [-0.15, -0.1) is 0 Å².